The van der Waals surface area contributed by atoms with E-state index < -0.39 is 0 Å². The van der Waals surface area contributed by atoms with Gasteiger partial charge in [-0.3, -0.25) is 0 Å². The summed E-state index contributed by atoms with van der Waals surface area (Å²) in [5.74, 6) is 0.323. The summed E-state index contributed by atoms with van der Waals surface area (Å²) in [5, 5.41) is 0. The summed E-state index contributed by atoms with van der Waals surface area (Å²) in [7, 11) is -0.723. The molecule has 5 rings (SSSR count). The highest BCUT2D eigenvalue weighted by Crippen LogP contribution is 2.47. The third-order valence-corrected chi connectivity index (χ3v) is 10.6. The van der Waals surface area contributed by atoms with E-state index in [9.17, 15) is 0 Å². The molecule has 1 aliphatic carbocycles. The Morgan fingerprint density at radius 3 is 1.44 bits per heavy atom. The van der Waals surface area contributed by atoms with Crippen molar-refractivity contribution in [3.05, 3.63) is 47.5 Å². The Bertz CT molecular complexity index is 1110. The lowest BCUT2D eigenvalue weighted by Gasteiger charge is -2.32. The molecule has 2 aromatic rings. The lowest BCUT2D eigenvalue weighted by Crippen LogP contribution is -2.41. The van der Waals surface area contributed by atoms with Crippen LogP contribution in [-0.2, 0) is 18.6 Å². The molecule has 2 saturated heterocycles. The summed E-state index contributed by atoms with van der Waals surface area (Å²) >= 11 is 7.23. The molecule has 2 aliphatic heterocycles. The van der Waals surface area contributed by atoms with Gasteiger partial charge in [0.05, 0.1) is 26.1 Å². The first-order valence-corrected chi connectivity index (χ1v) is 16.2. The Balaban J connectivity index is 1.46. The van der Waals surface area contributed by atoms with Gasteiger partial charge in [0.15, 0.2) is 0 Å². The Morgan fingerprint density at radius 1 is 0.641 bits per heavy atom. The van der Waals surface area contributed by atoms with Crippen LogP contribution in [0.25, 0.3) is 11.1 Å². The molecule has 2 fully saturated rings. The lowest BCUT2D eigenvalue weighted by atomic mass is 9.76. The smallest absolute Gasteiger partial charge is 0.399 e. The van der Waals surface area contributed by atoms with Crippen LogP contribution in [0.15, 0.2) is 36.4 Å². The van der Waals surface area contributed by atoms with Gasteiger partial charge in [-0.25, -0.2) is 0 Å². The van der Waals surface area contributed by atoms with Crippen molar-refractivity contribution >= 4 is 57.0 Å². The molecule has 0 radical (unpaired) electrons. The van der Waals surface area contributed by atoms with E-state index in [0.717, 1.165) is 23.8 Å². The minimum absolute atomic E-state index is 0.323. The minimum atomic E-state index is -0.362. The van der Waals surface area contributed by atoms with Gasteiger partial charge in [0.2, 0.25) is 0 Å². The van der Waals surface area contributed by atoms with Gasteiger partial charge in [-0.15, -0.1) is 0 Å². The molecule has 0 spiro atoms. The van der Waals surface area contributed by atoms with Gasteiger partial charge in [0, 0.05) is 5.92 Å². The number of halogens is 2. The second-order valence-corrected chi connectivity index (χ2v) is 16.9. The van der Waals surface area contributed by atoms with Crippen molar-refractivity contribution in [1.29, 1.82) is 0 Å². The number of hydrogen-bond donors (Lipinski definition) is 0. The van der Waals surface area contributed by atoms with Gasteiger partial charge < -0.3 is 18.6 Å². The van der Waals surface area contributed by atoms with Crippen molar-refractivity contribution in [3.8, 4) is 11.1 Å². The van der Waals surface area contributed by atoms with Gasteiger partial charge in [0.1, 0.15) is 0 Å². The fraction of sp³-hybridized carbons (Fsp3) is 0.613. The molecule has 0 aromatic heterocycles. The molecule has 0 atom stereocenters. The van der Waals surface area contributed by atoms with Crippen LogP contribution in [0.5, 0.6) is 0 Å². The topological polar surface area (TPSA) is 36.9 Å². The summed E-state index contributed by atoms with van der Waals surface area (Å²) < 4.78 is 26.1. The average Bonchev–Trinajstić information content (AvgIpc) is 3.35. The highest BCUT2D eigenvalue weighted by molar-refractivity contribution is 9.24. The van der Waals surface area contributed by atoms with Gasteiger partial charge in [-0.1, -0.05) is 87.5 Å². The molecular weight excluding hydrogens is 618 g/mol. The maximum Gasteiger partial charge on any atom is 0.494 e. The second kappa shape index (κ2) is 10.6. The fourth-order valence-electron chi connectivity index (χ4n) is 5.78. The average molecular weight is 660 g/mol. The minimum Gasteiger partial charge on any atom is -0.399 e. The second-order valence-electron chi connectivity index (χ2n) is 13.5. The zero-order valence-electron chi connectivity index (χ0n) is 24.7. The summed E-state index contributed by atoms with van der Waals surface area (Å²) in [6, 6.07) is 13.6. The molecule has 39 heavy (non-hydrogen) atoms. The Morgan fingerprint density at radius 2 is 1.05 bits per heavy atom. The van der Waals surface area contributed by atoms with Crippen molar-refractivity contribution < 1.29 is 18.6 Å². The van der Waals surface area contributed by atoms with Gasteiger partial charge in [-0.2, -0.15) is 0 Å². The maximum atomic E-state index is 6.42. The molecule has 0 saturated carbocycles. The number of alkyl halides is 2. The van der Waals surface area contributed by atoms with Crippen LogP contribution in [0.1, 0.15) is 105 Å². The summed E-state index contributed by atoms with van der Waals surface area (Å²) in [4.78, 5) is 0. The highest BCUT2D eigenvalue weighted by Gasteiger charge is 2.53. The van der Waals surface area contributed by atoms with E-state index in [1.165, 1.54) is 41.5 Å². The van der Waals surface area contributed by atoms with Crippen molar-refractivity contribution in [3.63, 3.8) is 0 Å². The molecule has 210 valence electrons. The quantitative estimate of drug-likeness (QED) is 0.168. The van der Waals surface area contributed by atoms with E-state index in [2.05, 4.69) is 124 Å². The molecule has 0 bridgehead atoms. The SMILES string of the molecule is CC1(C)OB(c2ccc3c(c2)C(CCCCCC(Br)Br)c2cc(B4OC(C)(C)C(C)(C)O4)ccc2-3)OC1(C)C. The van der Waals surface area contributed by atoms with Crippen LogP contribution in [-0.4, -0.2) is 40.4 Å². The van der Waals surface area contributed by atoms with Gasteiger partial charge in [0.25, 0.3) is 0 Å². The molecule has 3 aliphatic rings. The zero-order chi connectivity index (χ0) is 28.4. The van der Waals surface area contributed by atoms with Gasteiger partial charge in [-0.05, 0) is 101 Å². The van der Waals surface area contributed by atoms with Crippen molar-refractivity contribution in [2.45, 2.75) is 120 Å². The number of fused-ring (bicyclic) bond motifs is 3. The highest BCUT2D eigenvalue weighted by atomic mass is 79.9. The molecule has 2 aromatic carbocycles. The molecular formula is C31H42B2Br2O4. The molecule has 0 amide bonds. The van der Waals surface area contributed by atoms with Crippen LogP contribution in [0, 0.1) is 0 Å². The first kappa shape index (κ1) is 29.8. The predicted molar refractivity (Wildman–Crippen MR) is 170 cm³/mol. The van der Waals surface area contributed by atoms with Crippen LogP contribution >= 0.6 is 31.9 Å². The van der Waals surface area contributed by atoms with Gasteiger partial charge >= 0.3 is 14.2 Å². The monoisotopic (exact) mass is 658 g/mol. The van der Waals surface area contributed by atoms with Crippen molar-refractivity contribution in [1.82, 2.24) is 0 Å². The van der Waals surface area contributed by atoms with Crippen molar-refractivity contribution in [2.75, 3.05) is 0 Å². The summed E-state index contributed by atoms with van der Waals surface area (Å²) in [6.45, 7) is 16.9. The normalized spacial score (nSPS) is 22.5. The van der Waals surface area contributed by atoms with Crippen molar-refractivity contribution in [2.24, 2.45) is 0 Å². The third kappa shape index (κ3) is 5.60. The number of hydrogen-bond acceptors (Lipinski definition) is 4. The molecule has 0 N–H and O–H groups in total. The van der Waals surface area contributed by atoms with E-state index in [1.54, 1.807) is 0 Å². The Labute approximate surface area is 252 Å². The standard InChI is InChI=1S/C31H42B2Br2O4/c1-28(2)29(3,4)37-32(36-28)20-14-16-23-24-17-15-21(33-38-30(5,6)31(7,8)39-33)19-26(24)22(25(23)18-20)12-10-9-11-13-27(34)35/h14-19,22,27H,9-13H2,1-8H3. The maximum absolute atomic E-state index is 6.42. The predicted octanol–water partition coefficient (Wildman–Crippen LogP) is 7.46. The van der Waals surface area contributed by atoms with E-state index in [0.29, 0.717) is 9.65 Å². The first-order valence-electron chi connectivity index (χ1n) is 14.4. The Kier molecular flexibility index (Phi) is 8.09. The fourth-order valence-corrected chi connectivity index (χ4v) is 6.43. The largest absolute Gasteiger partial charge is 0.494 e. The zero-order valence-corrected chi connectivity index (χ0v) is 27.9. The molecule has 4 nitrogen and oxygen atoms in total. The van der Waals surface area contributed by atoms with E-state index in [1.807, 2.05) is 0 Å². The number of unbranched alkanes of at least 4 members (excludes halogenated alkanes) is 2. The van der Waals surface area contributed by atoms with E-state index >= 15 is 0 Å². The number of benzene rings is 2. The van der Waals surface area contributed by atoms with Crippen LogP contribution < -0.4 is 10.9 Å². The van der Waals surface area contributed by atoms with E-state index in [-0.39, 0.29) is 36.6 Å². The van der Waals surface area contributed by atoms with E-state index in [4.69, 9.17) is 18.6 Å². The molecule has 0 unspecified atom stereocenters. The molecule has 8 heteroatoms. The third-order valence-electron chi connectivity index (χ3n) is 9.66. The first-order chi connectivity index (χ1) is 18.1. The lowest BCUT2D eigenvalue weighted by molar-refractivity contribution is 0.00578. The molecule has 2 heterocycles. The number of rotatable bonds is 8. The van der Waals surface area contributed by atoms with Crippen LogP contribution in [0.4, 0.5) is 0 Å². The summed E-state index contributed by atoms with van der Waals surface area (Å²) in [5.41, 5.74) is 6.13. The van der Waals surface area contributed by atoms with Crippen LogP contribution in [0.3, 0.4) is 0 Å². The van der Waals surface area contributed by atoms with Crippen LogP contribution in [0.2, 0.25) is 0 Å². The summed E-state index contributed by atoms with van der Waals surface area (Å²) in [6.07, 6.45) is 5.83. The Hall–Kier alpha value is -0.630.